The first-order valence-corrected chi connectivity index (χ1v) is 11.1. The summed E-state index contributed by atoms with van der Waals surface area (Å²) in [6.45, 7) is 1.85. The first kappa shape index (κ1) is 22.4. The Hall–Kier alpha value is -3.84. The average molecular weight is 459 g/mol. The zero-order valence-electron chi connectivity index (χ0n) is 18.4. The van der Waals surface area contributed by atoms with Crippen molar-refractivity contribution >= 4 is 34.4 Å². The number of hydrogen-bond acceptors (Lipinski definition) is 4. The van der Waals surface area contributed by atoms with Gasteiger partial charge in [-0.3, -0.25) is 5.43 Å². The predicted molar refractivity (Wildman–Crippen MR) is 137 cm³/mol. The van der Waals surface area contributed by atoms with Crippen LogP contribution in [0.3, 0.4) is 0 Å². The van der Waals surface area contributed by atoms with E-state index in [1.807, 2.05) is 66.7 Å². The number of nitrogens with one attached hydrogen (secondary N) is 2. The molecule has 168 valence electrons. The predicted octanol–water partition coefficient (Wildman–Crippen LogP) is 4.73. The highest BCUT2D eigenvalue weighted by Crippen LogP contribution is 2.26. The number of benzene rings is 3. The van der Waals surface area contributed by atoms with Crippen molar-refractivity contribution in [3.05, 3.63) is 96.2 Å². The molecule has 1 heterocycles. The van der Waals surface area contributed by atoms with Crippen molar-refractivity contribution in [1.82, 2.24) is 15.3 Å². The summed E-state index contributed by atoms with van der Waals surface area (Å²) in [6.07, 6.45) is 3.86. The van der Waals surface area contributed by atoms with E-state index < -0.39 is 0 Å². The fourth-order valence-electron chi connectivity index (χ4n) is 3.53. The zero-order chi connectivity index (χ0) is 22.9. The minimum atomic E-state index is 0.476. The van der Waals surface area contributed by atoms with Crippen LogP contribution in [0.25, 0.3) is 10.9 Å². The number of hydrazone groups is 1. The lowest BCUT2D eigenvalue weighted by Crippen LogP contribution is -2.31. The average Bonchev–Trinajstić information content (AvgIpc) is 3.21. The van der Waals surface area contributed by atoms with Crippen molar-refractivity contribution < 1.29 is 9.47 Å². The summed E-state index contributed by atoms with van der Waals surface area (Å²) in [5.74, 6) is 1.46. The SMILES string of the molecule is COc1ccccc1OCCn1cc(/C=N\NC(=S)NCc2ccccc2)c2ccccc21. The van der Waals surface area contributed by atoms with Crippen LogP contribution in [0, 0.1) is 0 Å². The van der Waals surface area contributed by atoms with Crippen molar-refractivity contribution in [3.8, 4) is 11.5 Å². The quantitative estimate of drug-likeness (QED) is 0.216. The molecule has 2 N–H and O–H groups in total. The molecule has 0 radical (unpaired) electrons. The second-order valence-corrected chi connectivity index (χ2v) is 7.74. The van der Waals surface area contributed by atoms with E-state index in [0.29, 0.717) is 24.8 Å². The standard InChI is InChI=1S/C26H26N4O2S/c1-31-24-13-7-8-14-25(24)32-16-15-30-19-21(22-11-5-6-12-23(22)30)18-28-29-26(33)27-17-20-9-3-2-4-10-20/h2-14,18-19H,15-17H2,1H3,(H2,27,29,33)/b28-18-. The van der Waals surface area contributed by atoms with Gasteiger partial charge in [-0.15, -0.1) is 0 Å². The molecule has 0 aliphatic rings. The molecule has 33 heavy (non-hydrogen) atoms. The maximum absolute atomic E-state index is 5.95. The molecule has 3 aromatic carbocycles. The van der Waals surface area contributed by atoms with Crippen molar-refractivity contribution in [3.63, 3.8) is 0 Å². The lowest BCUT2D eigenvalue weighted by atomic mass is 10.2. The molecule has 0 spiro atoms. The molecule has 4 rings (SSSR count). The summed E-state index contributed by atoms with van der Waals surface area (Å²) in [5, 5.41) is 9.07. The molecule has 0 aliphatic heterocycles. The van der Waals surface area contributed by atoms with Gasteiger partial charge in [0.25, 0.3) is 0 Å². The lowest BCUT2D eigenvalue weighted by Gasteiger charge is -2.11. The van der Waals surface area contributed by atoms with Gasteiger partial charge in [-0.25, -0.2) is 0 Å². The Bertz CT molecular complexity index is 1240. The van der Waals surface area contributed by atoms with Crippen LogP contribution in [0.15, 0.2) is 90.2 Å². The van der Waals surface area contributed by atoms with Gasteiger partial charge in [-0.1, -0.05) is 60.7 Å². The summed E-state index contributed by atoms with van der Waals surface area (Å²) < 4.78 is 13.5. The summed E-state index contributed by atoms with van der Waals surface area (Å²) in [7, 11) is 1.64. The summed E-state index contributed by atoms with van der Waals surface area (Å²) in [4.78, 5) is 0. The molecular formula is C26H26N4O2S. The number of thiocarbonyl (C=S) groups is 1. The molecule has 4 aromatic rings. The Balaban J connectivity index is 1.37. The second-order valence-electron chi connectivity index (χ2n) is 7.33. The number of methoxy groups -OCH3 is 1. The van der Waals surface area contributed by atoms with Gasteiger partial charge in [0.05, 0.1) is 19.9 Å². The third-order valence-corrected chi connectivity index (χ3v) is 5.38. The lowest BCUT2D eigenvalue weighted by molar-refractivity contribution is 0.281. The fraction of sp³-hybridized carbons (Fsp3) is 0.154. The van der Waals surface area contributed by atoms with E-state index in [0.717, 1.165) is 33.5 Å². The van der Waals surface area contributed by atoms with Crippen LogP contribution in [0.1, 0.15) is 11.1 Å². The molecule has 1 aromatic heterocycles. The van der Waals surface area contributed by atoms with Crippen molar-refractivity contribution in [1.29, 1.82) is 0 Å². The van der Waals surface area contributed by atoms with E-state index in [1.54, 1.807) is 13.3 Å². The molecule has 0 amide bonds. The maximum atomic E-state index is 5.95. The van der Waals surface area contributed by atoms with Crippen LogP contribution in [-0.4, -0.2) is 29.6 Å². The van der Waals surface area contributed by atoms with E-state index in [2.05, 4.69) is 38.7 Å². The highest BCUT2D eigenvalue weighted by Gasteiger charge is 2.08. The maximum Gasteiger partial charge on any atom is 0.187 e. The monoisotopic (exact) mass is 458 g/mol. The number of para-hydroxylation sites is 3. The molecule has 0 atom stereocenters. The third-order valence-electron chi connectivity index (χ3n) is 5.14. The van der Waals surface area contributed by atoms with Gasteiger partial charge in [-0.2, -0.15) is 5.10 Å². The van der Waals surface area contributed by atoms with Crippen molar-refractivity contribution in [2.45, 2.75) is 13.1 Å². The Morgan fingerprint density at radius 2 is 1.70 bits per heavy atom. The van der Waals surface area contributed by atoms with Gasteiger partial charge in [0.1, 0.15) is 6.61 Å². The van der Waals surface area contributed by atoms with Crippen molar-refractivity contribution in [2.24, 2.45) is 5.10 Å². The van der Waals surface area contributed by atoms with E-state index in [-0.39, 0.29) is 0 Å². The number of aromatic nitrogens is 1. The van der Waals surface area contributed by atoms with E-state index in [4.69, 9.17) is 21.7 Å². The molecule has 0 bridgehead atoms. The third kappa shape index (κ3) is 5.90. The number of hydrogen-bond donors (Lipinski definition) is 2. The number of nitrogens with zero attached hydrogens (tertiary/aromatic N) is 2. The molecule has 0 aliphatic carbocycles. The Labute approximate surface area is 198 Å². The summed E-state index contributed by atoms with van der Waals surface area (Å²) in [5.41, 5.74) is 6.17. The van der Waals surface area contributed by atoms with Gasteiger partial charge in [0.15, 0.2) is 16.6 Å². The van der Waals surface area contributed by atoms with Crippen LogP contribution in [0.5, 0.6) is 11.5 Å². The smallest absolute Gasteiger partial charge is 0.187 e. The van der Waals surface area contributed by atoms with Crippen LogP contribution in [-0.2, 0) is 13.1 Å². The van der Waals surface area contributed by atoms with Crippen LogP contribution in [0.4, 0.5) is 0 Å². The molecular weight excluding hydrogens is 432 g/mol. The van der Waals surface area contributed by atoms with E-state index in [1.165, 1.54) is 0 Å². The normalized spacial score (nSPS) is 10.9. The molecule has 0 saturated heterocycles. The topological polar surface area (TPSA) is 59.8 Å². The largest absolute Gasteiger partial charge is 0.493 e. The fourth-order valence-corrected chi connectivity index (χ4v) is 3.66. The van der Waals surface area contributed by atoms with E-state index >= 15 is 0 Å². The van der Waals surface area contributed by atoms with Gasteiger partial charge in [0.2, 0.25) is 0 Å². The first-order chi connectivity index (χ1) is 16.2. The molecule has 0 fully saturated rings. The van der Waals surface area contributed by atoms with Crippen molar-refractivity contribution in [2.75, 3.05) is 13.7 Å². The Morgan fingerprint density at radius 3 is 2.52 bits per heavy atom. The van der Waals surface area contributed by atoms with E-state index in [9.17, 15) is 0 Å². The molecule has 0 unspecified atom stereocenters. The first-order valence-electron chi connectivity index (χ1n) is 10.7. The van der Waals surface area contributed by atoms with Crippen LogP contribution >= 0.6 is 12.2 Å². The Kier molecular flexibility index (Phi) is 7.56. The minimum Gasteiger partial charge on any atom is -0.493 e. The van der Waals surface area contributed by atoms with Gasteiger partial charge < -0.3 is 19.4 Å². The molecule has 6 nitrogen and oxygen atoms in total. The number of rotatable bonds is 9. The molecule has 7 heteroatoms. The molecule has 0 saturated carbocycles. The highest BCUT2D eigenvalue weighted by molar-refractivity contribution is 7.80. The highest BCUT2D eigenvalue weighted by atomic mass is 32.1. The van der Waals surface area contributed by atoms with Gasteiger partial charge in [-0.05, 0) is 36.0 Å². The van der Waals surface area contributed by atoms with Crippen LogP contribution in [0.2, 0.25) is 0 Å². The summed E-state index contributed by atoms with van der Waals surface area (Å²) >= 11 is 5.33. The van der Waals surface area contributed by atoms with Gasteiger partial charge >= 0.3 is 0 Å². The zero-order valence-corrected chi connectivity index (χ0v) is 19.2. The minimum absolute atomic E-state index is 0.476. The van der Waals surface area contributed by atoms with Gasteiger partial charge in [0, 0.05) is 29.2 Å². The Morgan fingerprint density at radius 1 is 0.970 bits per heavy atom. The second kappa shape index (κ2) is 11.2. The van der Waals surface area contributed by atoms with Crippen LogP contribution < -0.4 is 20.2 Å². The summed E-state index contributed by atoms with van der Waals surface area (Å²) in [6, 6.07) is 26.0. The number of ether oxygens (including phenoxy) is 2. The number of fused-ring (bicyclic) bond motifs is 1.